The summed E-state index contributed by atoms with van der Waals surface area (Å²) in [6.07, 6.45) is 0. The first-order valence-electron chi connectivity index (χ1n) is 4.92. The average molecular weight is 310 g/mol. The van der Waals surface area contributed by atoms with Crippen molar-refractivity contribution in [3.63, 3.8) is 0 Å². The molecule has 0 heterocycles. The third-order valence-electron chi connectivity index (χ3n) is 2.12. The normalized spacial score (nSPS) is 9.89. The molecule has 0 amide bonds. The molecule has 90 valence electrons. The van der Waals surface area contributed by atoms with Crippen molar-refractivity contribution in [1.82, 2.24) is 0 Å². The lowest BCUT2D eigenvalue weighted by molar-refractivity contribution is 0.438. The number of hydrogen-bond donors (Lipinski definition) is 0. The van der Waals surface area contributed by atoms with Gasteiger partial charge >= 0.3 is 0 Å². The number of nitrogens with zero attached hydrogens (tertiary/aromatic N) is 1. The van der Waals surface area contributed by atoms with Crippen LogP contribution < -0.4 is 4.74 Å². The van der Waals surface area contributed by atoms with E-state index in [1.807, 2.05) is 0 Å². The second-order valence-corrected chi connectivity index (χ2v) is 4.38. The number of benzene rings is 2. The molecule has 0 aliphatic carbocycles. The van der Waals surface area contributed by atoms with E-state index < -0.39 is 11.6 Å². The Kier molecular flexibility index (Phi) is 3.58. The van der Waals surface area contributed by atoms with Gasteiger partial charge in [-0.1, -0.05) is 15.9 Å². The molecule has 0 aromatic heterocycles. The number of rotatable bonds is 2. The van der Waals surface area contributed by atoms with Crippen LogP contribution in [-0.2, 0) is 0 Å². The lowest BCUT2D eigenvalue weighted by atomic mass is 10.2. The number of hydrogen-bond acceptors (Lipinski definition) is 2. The molecule has 0 spiro atoms. The quantitative estimate of drug-likeness (QED) is 0.824. The smallest absolute Gasteiger partial charge is 0.165 e. The van der Waals surface area contributed by atoms with Crippen LogP contribution in [0, 0.1) is 23.0 Å². The van der Waals surface area contributed by atoms with Gasteiger partial charge in [-0.2, -0.15) is 5.26 Å². The highest BCUT2D eigenvalue weighted by Gasteiger charge is 2.07. The maximum absolute atomic E-state index is 13.4. The Morgan fingerprint density at radius 3 is 2.61 bits per heavy atom. The van der Waals surface area contributed by atoms with E-state index in [4.69, 9.17) is 10.00 Å². The van der Waals surface area contributed by atoms with Gasteiger partial charge in [0.05, 0.1) is 11.6 Å². The van der Waals surface area contributed by atoms with Gasteiger partial charge in [0.15, 0.2) is 11.6 Å². The predicted octanol–water partition coefficient (Wildman–Crippen LogP) is 4.39. The zero-order valence-corrected chi connectivity index (χ0v) is 10.5. The molecule has 0 radical (unpaired) electrons. The summed E-state index contributed by atoms with van der Waals surface area (Å²) in [4.78, 5) is 0. The molecule has 0 saturated carbocycles. The van der Waals surface area contributed by atoms with E-state index in [9.17, 15) is 8.78 Å². The van der Waals surface area contributed by atoms with Crippen LogP contribution >= 0.6 is 15.9 Å². The van der Waals surface area contributed by atoms with Gasteiger partial charge in [0.25, 0.3) is 0 Å². The fraction of sp³-hybridized carbons (Fsp3) is 0. The van der Waals surface area contributed by atoms with E-state index in [0.717, 1.165) is 12.1 Å². The van der Waals surface area contributed by atoms with E-state index in [1.54, 1.807) is 6.07 Å². The number of nitriles is 1. The lowest BCUT2D eigenvalue weighted by Gasteiger charge is -2.07. The van der Waals surface area contributed by atoms with E-state index in [1.165, 1.54) is 24.3 Å². The summed E-state index contributed by atoms with van der Waals surface area (Å²) in [6, 6.07) is 9.46. The summed E-state index contributed by atoms with van der Waals surface area (Å²) >= 11 is 3.18. The molecular weight excluding hydrogens is 304 g/mol. The van der Waals surface area contributed by atoms with Crippen LogP contribution in [0.1, 0.15) is 5.56 Å². The monoisotopic (exact) mass is 309 g/mol. The average Bonchev–Trinajstić information content (AvgIpc) is 2.33. The molecule has 2 nitrogen and oxygen atoms in total. The lowest BCUT2D eigenvalue weighted by Crippen LogP contribution is -1.90. The fourth-order valence-corrected chi connectivity index (χ4v) is 1.71. The molecule has 2 aromatic carbocycles. The molecule has 0 fully saturated rings. The van der Waals surface area contributed by atoms with Crippen LogP contribution in [0.2, 0.25) is 0 Å². The van der Waals surface area contributed by atoms with Crippen molar-refractivity contribution in [2.24, 2.45) is 0 Å². The van der Waals surface area contributed by atoms with Gasteiger partial charge in [0.1, 0.15) is 11.6 Å². The van der Waals surface area contributed by atoms with Crippen LogP contribution in [0.15, 0.2) is 40.9 Å². The maximum Gasteiger partial charge on any atom is 0.165 e. The second-order valence-electron chi connectivity index (χ2n) is 3.46. The molecule has 0 N–H and O–H groups in total. The van der Waals surface area contributed by atoms with Crippen LogP contribution in [0.25, 0.3) is 0 Å². The first kappa shape index (κ1) is 12.5. The minimum atomic E-state index is -0.612. The number of ether oxygens (including phenoxy) is 1. The molecule has 0 aliphatic rings. The van der Waals surface area contributed by atoms with Crippen molar-refractivity contribution in [2.45, 2.75) is 0 Å². The minimum absolute atomic E-state index is 0.0427. The Bertz CT molecular complexity index is 637. The van der Waals surface area contributed by atoms with Gasteiger partial charge in [0.2, 0.25) is 0 Å². The largest absolute Gasteiger partial charge is 0.454 e. The molecule has 5 heteroatoms. The summed E-state index contributed by atoms with van der Waals surface area (Å²) in [7, 11) is 0. The second kappa shape index (κ2) is 5.15. The van der Waals surface area contributed by atoms with Crippen molar-refractivity contribution >= 4 is 15.9 Å². The minimum Gasteiger partial charge on any atom is -0.454 e. The fourth-order valence-electron chi connectivity index (χ4n) is 1.37. The Labute approximate surface area is 111 Å². The van der Waals surface area contributed by atoms with Crippen molar-refractivity contribution in [2.75, 3.05) is 0 Å². The molecule has 2 rings (SSSR count). The summed E-state index contributed by atoms with van der Waals surface area (Å²) in [6.45, 7) is 0. The highest BCUT2D eigenvalue weighted by Crippen LogP contribution is 2.28. The molecule has 0 unspecified atom stereocenters. The Morgan fingerprint density at radius 1 is 1.11 bits per heavy atom. The Hall–Kier alpha value is -1.93. The summed E-state index contributed by atoms with van der Waals surface area (Å²) < 4.78 is 32.4. The van der Waals surface area contributed by atoms with E-state index in [2.05, 4.69) is 15.9 Å². The third-order valence-corrected chi connectivity index (χ3v) is 2.61. The maximum atomic E-state index is 13.4. The highest BCUT2D eigenvalue weighted by atomic mass is 79.9. The molecule has 0 aliphatic heterocycles. The van der Waals surface area contributed by atoms with Gasteiger partial charge in [-0.3, -0.25) is 0 Å². The molecule has 0 saturated heterocycles. The molecule has 18 heavy (non-hydrogen) atoms. The highest BCUT2D eigenvalue weighted by molar-refractivity contribution is 9.10. The molecule has 2 aromatic rings. The van der Waals surface area contributed by atoms with Crippen molar-refractivity contribution < 1.29 is 13.5 Å². The molecule has 0 atom stereocenters. The van der Waals surface area contributed by atoms with Crippen LogP contribution in [0.5, 0.6) is 11.5 Å². The van der Waals surface area contributed by atoms with Crippen molar-refractivity contribution in [1.29, 1.82) is 5.26 Å². The standard InChI is InChI=1S/C13H6BrF2NO/c14-9-1-2-12(16)13(5-9)18-11-4-8(7-17)3-10(15)6-11/h1-6H. The van der Waals surface area contributed by atoms with Crippen LogP contribution in [0.4, 0.5) is 8.78 Å². The first-order valence-corrected chi connectivity index (χ1v) is 5.71. The van der Waals surface area contributed by atoms with Crippen molar-refractivity contribution in [3.8, 4) is 17.6 Å². The Morgan fingerprint density at radius 2 is 1.89 bits per heavy atom. The SMILES string of the molecule is N#Cc1cc(F)cc(Oc2cc(Br)ccc2F)c1. The van der Waals surface area contributed by atoms with Crippen molar-refractivity contribution in [3.05, 3.63) is 58.1 Å². The topological polar surface area (TPSA) is 33.0 Å². The molecule has 0 bridgehead atoms. The van der Waals surface area contributed by atoms with Gasteiger partial charge in [-0.15, -0.1) is 0 Å². The summed E-state index contributed by atoms with van der Waals surface area (Å²) in [5.41, 5.74) is 0.111. The Balaban J connectivity index is 2.37. The first-order chi connectivity index (χ1) is 8.58. The van der Waals surface area contributed by atoms with Crippen LogP contribution in [0.3, 0.4) is 0 Å². The summed E-state index contributed by atoms with van der Waals surface area (Å²) in [5, 5.41) is 8.70. The number of halogens is 3. The van der Waals surface area contributed by atoms with E-state index in [-0.39, 0.29) is 17.1 Å². The van der Waals surface area contributed by atoms with Gasteiger partial charge in [-0.25, -0.2) is 8.78 Å². The van der Waals surface area contributed by atoms with E-state index in [0.29, 0.717) is 4.47 Å². The van der Waals surface area contributed by atoms with Crippen LogP contribution in [-0.4, -0.2) is 0 Å². The van der Waals surface area contributed by atoms with Gasteiger partial charge in [-0.05, 0) is 30.3 Å². The van der Waals surface area contributed by atoms with E-state index >= 15 is 0 Å². The zero-order valence-electron chi connectivity index (χ0n) is 8.95. The van der Waals surface area contributed by atoms with Gasteiger partial charge < -0.3 is 4.74 Å². The molecular formula is C13H6BrF2NO. The third kappa shape index (κ3) is 2.84. The summed E-state index contributed by atoms with van der Waals surface area (Å²) in [5.74, 6) is -1.15. The predicted molar refractivity (Wildman–Crippen MR) is 65.3 cm³/mol. The van der Waals surface area contributed by atoms with Gasteiger partial charge in [0, 0.05) is 10.5 Å². The zero-order chi connectivity index (χ0) is 13.1.